The smallest absolute Gasteiger partial charge is 0.272 e. The van der Waals surface area contributed by atoms with Crippen LogP contribution in [-0.2, 0) is 4.79 Å². The number of nitro groups is 1. The second kappa shape index (κ2) is 10.6. The third-order valence-electron chi connectivity index (χ3n) is 4.39. The van der Waals surface area contributed by atoms with E-state index in [0.717, 1.165) is 0 Å². The van der Waals surface area contributed by atoms with Crippen LogP contribution in [0, 0.1) is 10.1 Å². The highest BCUT2D eigenvalue weighted by Crippen LogP contribution is 2.23. The number of hydrogen-bond acceptors (Lipinski definition) is 5. The van der Waals surface area contributed by atoms with E-state index in [4.69, 9.17) is 27.9 Å². The molecule has 3 aromatic rings. The molecule has 33 heavy (non-hydrogen) atoms. The lowest BCUT2D eigenvalue weighted by Crippen LogP contribution is -2.31. The predicted molar refractivity (Wildman–Crippen MR) is 127 cm³/mol. The van der Waals surface area contributed by atoms with Crippen molar-refractivity contribution < 1.29 is 19.2 Å². The number of nitrogens with zero attached hydrogens (tertiary/aromatic N) is 1. The lowest BCUT2D eigenvalue weighted by atomic mass is 10.1. The molecule has 3 rings (SSSR count). The fourth-order valence-corrected chi connectivity index (χ4v) is 3.13. The number of amides is 2. The minimum absolute atomic E-state index is 0.106. The summed E-state index contributed by atoms with van der Waals surface area (Å²) in [6, 6.07) is 16.5. The SMILES string of the molecule is COc1ccc(Cl)cc1C(=O)N/C(=C\c1cccc([N+](=O)[O-])c1)C(=O)Nc1ccc(Cl)cc1. The first-order chi connectivity index (χ1) is 15.8. The first-order valence-corrected chi connectivity index (χ1v) is 10.2. The summed E-state index contributed by atoms with van der Waals surface area (Å²) in [6.45, 7) is 0. The molecule has 0 aliphatic rings. The Bertz CT molecular complexity index is 1240. The fourth-order valence-electron chi connectivity index (χ4n) is 2.83. The quantitative estimate of drug-likeness (QED) is 0.267. The second-order valence-corrected chi connectivity index (χ2v) is 7.54. The minimum Gasteiger partial charge on any atom is -0.496 e. The van der Waals surface area contributed by atoms with Crippen molar-refractivity contribution in [1.82, 2.24) is 5.32 Å². The molecule has 0 bridgehead atoms. The van der Waals surface area contributed by atoms with Gasteiger partial charge in [-0.1, -0.05) is 35.3 Å². The van der Waals surface area contributed by atoms with Gasteiger partial charge in [-0.2, -0.15) is 0 Å². The highest BCUT2D eigenvalue weighted by atomic mass is 35.5. The Morgan fingerprint density at radius 1 is 1.00 bits per heavy atom. The highest BCUT2D eigenvalue weighted by molar-refractivity contribution is 6.31. The van der Waals surface area contributed by atoms with Crippen LogP contribution in [-0.4, -0.2) is 23.8 Å². The Hall–Kier alpha value is -3.88. The van der Waals surface area contributed by atoms with Gasteiger partial charge in [0.05, 0.1) is 17.6 Å². The van der Waals surface area contributed by atoms with Crippen molar-refractivity contribution >= 4 is 52.5 Å². The van der Waals surface area contributed by atoms with Crippen molar-refractivity contribution in [1.29, 1.82) is 0 Å². The van der Waals surface area contributed by atoms with E-state index in [1.165, 1.54) is 43.5 Å². The molecule has 0 heterocycles. The zero-order chi connectivity index (χ0) is 24.0. The number of nitrogens with one attached hydrogen (secondary N) is 2. The molecule has 0 radical (unpaired) electrons. The van der Waals surface area contributed by atoms with Gasteiger partial charge >= 0.3 is 0 Å². The van der Waals surface area contributed by atoms with Gasteiger partial charge in [-0.15, -0.1) is 0 Å². The summed E-state index contributed by atoms with van der Waals surface area (Å²) in [4.78, 5) is 36.5. The van der Waals surface area contributed by atoms with E-state index in [9.17, 15) is 19.7 Å². The number of nitro benzene ring substituents is 1. The van der Waals surface area contributed by atoms with Crippen LogP contribution in [0.4, 0.5) is 11.4 Å². The van der Waals surface area contributed by atoms with Crippen molar-refractivity contribution in [3.05, 3.63) is 104 Å². The van der Waals surface area contributed by atoms with E-state index in [1.807, 2.05) is 0 Å². The topological polar surface area (TPSA) is 111 Å². The number of hydrogen-bond donors (Lipinski definition) is 2. The molecule has 0 fully saturated rings. The van der Waals surface area contributed by atoms with Gasteiger partial charge in [0, 0.05) is 27.9 Å². The van der Waals surface area contributed by atoms with Crippen molar-refractivity contribution in [2.75, 3.05) is 12.4 Å². The molecular formula is C23H17Cl2N3O5. The monoisotopic (exact) mass is 485 g/mol. The maximum atomic E-state index is 13.0. The summed E-state index contributed by atoms with van der Waals surface area (Å²) in [6.07, 6.45) is 1.33. The molecule has 0 saturated carbocycles. The van der Waals surface area contributed by atoms with Crippen molar-refractivity contribution in [3.8, 4) is 5.75 Å². The average molecular weight is 486 g/mol. The highest BCUT2D eigenvalue weighted by Gasteiger charge is 2.19. The first kappa shape index (κ1) is 23.8. The van der Waals surface area contributed by atoms with E-state index in [0.29, 0.717) is 21.3 Å². The Labute approximate surface area is 198 Å². The lowest BCUT2D eigenvalue weighted by molar-refractivity contribution is -0.384. The Morgan fingerprint density at radius 3 is 2.36 bits per heavy atom. The van der Waals surface area contributed by atoms with Gasteiger partial charge in [0.15, 0.2) is 0 Å². The van der Waals surface area contributed by atoms with Gasteiger partial charge in [-0.3, -0.25) is 19.7 Å². The number of benzene rings is 3. The molecule has 8 nitrogen and oxygen atoms in total. The number of methoxy groups -OCH3 is 1. The Kier molecular flexibility index (Phi) is 7.66. The zero-order valence-corrected chi connectivity index (χ0v) is 18.7. The number of rotatable bonds is 7. The van der Waals surface area contributed by atoms with Crippen molar-refractivity contribution in [3.63, 3.8) is 0 Å². The van der Waals surface area contributed by atoms with Crippen LogP contribution in [0.1, 0.15) is 15.9 Å². The molecule has 0 aliphatic carbocycles. The van der Waals surface area contributed by atoms with Gasteiger partial charge in [-0.05, 0) is 54.1 Å². The molecule has 0 saturated heterocycles. The van der Waals surface area contributed by atoms with E-state index in [1.54, 1.807) is 36.4 Å². The zero-order valence-electron chi connectivity index (χ0n) is 17.2. The predicted octanol–water partition coefficient (Wildman–Crippen LogP) is 5.32. The summed E-state index contributed by atoms with van der Waals surface area (Å²) in [5.74, 6) is -1.06. The summed E-state index contributed by atoms with van der Waals surface area (Å²) < 4.78 is 5.20. The largest absolute Gasteiger partial charge is 0.496 e. The normalized spacial score (nSPS) is 10.9. The average Bonchev–Trinajstić information content (AvgIpc) is 2.80. The molecule has 10 heteroatoms. The molecule has 0 aromatic heterocycles. The van der Waals surface area contributed by atoms with Crippen LogP contribution in [0.5, 0.6) is 5.75 Å². The maximum absolute atomic E-state index is 13.0. The molecule has 3 aromatic carbocycles. The summed E-state index contributed by atoms with van der Waals surface area (Å²) >= 11 is 11.9. The molecule has 2 N–H and O–H groups in total. The van der Waals surface area contributed by atoms with Gasteiger partial charge < -0.3 is 15.4 Å². The molecular weight excluding hydrogens is 469 g/mol. The van der Waals surface area contributed by atoms with Gasteiger partial charge in [0.25, 0.3) is 17.5 Å². The number of non-ortho nitro benzene ring substituents is 1. The van der Waals surface area contributed by atoms with Crippen LogP contribution in [0.3, 0.4) is 0 Å². The van der Waals surface area contributed by atoms with Gasteiger partial charge in [-0.25, -0.2) is 0 Å². The number of carbonyl (C=O) groups excluding carboxylic acids is 2. The maximum Gasteiger partial charge on any atom is 0.272 e. The third-order valence-corrected chi connectivity index (χ3v) is 4.88. The van der Waals surface area contributed by atoms with E-state index in [2.05, 4.69) is 10.6 Å². The Balaban J connectivity index is 1.97. The van der Waals surface area contributed by atoms with Crippen LogP contribution in [0.15, 0.2) is 72.4 Å². The number of anilines is 1. The van der Waals surface area contributed by atoms with Crippen LogP contribution in [0.25, 0.3) is 6.08 Å². The molecule has 0 spiro atoms. The third kappa shape index (κ3) is 6.31. The summed E-state index contributed by atoms with van der Waals surface area (Å²) in [7, 11) is 1.40. The van der Waals surface area contributed by atoms with Gasteiger partial charge in [0.1, 0.15) is 11.4 Å². The van der Waals surface area contributed by atoms with E-state index >= 15 is 0 Å². The summed E-state index contributed by atoms with van der Waals surface area (Å²) in [5, 5.41) is 17.1. The second-order valence-electron chi connectivity index (χ2n) is 6.67. The van der Waals surface area contributed by atoms with Crippen molar-refractivity contribution in [2.45, 2.75) is 0 Å². The minimum atomic E-state index is -0.655. The van der Waals surface area contributed by atoms with Crippen LogP contribution in [0.2, 0.25) is 10.0 Å². The molecule has 0 aliphatic heterocycles. The molecule has 168 valence electrons. The molecule has 0 atom stereocenters. The van der Waals surface area contributed by atoms with Gasteiger partial charge in [0.2, 0.25) is 0 Å². The number of halogens is 2. The van der Waals surface area contributed by atoms with Crippen molar-refractivity contribution in [2.24, 2.45) is 0 Å². The fraction of sp³-hybridized carbons (Fsp3) is 0.0435. The number of ether oxygens (including phenoxy) is 1. The van der Waals surface area contributed by atoms with Crippen LogP contribution < -0.4 is 15.4 Å². The van der Waals surface area contributed by atoms with Crippen LogP contribution >= 0.6 is 23.2 Å². The molecule has 0 unspecified atom stereocenters. The standard InChI is InChI=1S/C23H17Cl2N3O5/c1-33-21-10-7-16(25)13-19(21)22(29)27-20(12-14-3-2-4-18(11-14)28(31)32)23(30)26-17-8-5-15(24)6-9-17/h2-13H,1H3,(H,26,30)(H,27,29)/b20-12-. The molecule has 2 amide bonds. The summed E-state index contributed by atoms with van der Waals surface area (Å²) in [5.41, 5.74) is 0.559. The first-order valence-electron chi connectivity index (χ1n) is 9.45. The lowest BCUT2D eigenvalue weighted by Gasteiger charge is -2.13. The van der Waals surface area contributed by atoms with E-state index in [-0.39, 0.29) is 22.7 Å². The van der Waals surface area contributed by atoms with E-state index < -0.39 is 16.7 Å². The number of carbonyl (C=O) groups is 2. The Morgan fingerprint density at radius 2 is 1.70 bits per heavy atom.